The van der Waals surface area contributed by atoms with Crippen LogP contribution in [-0.2, 0) is 0 Å². The summed E-state index contributed by atoms with van der Waals surface area (Å²) >= 11 is 13.2. The van der Waals surface area contributed by atoms with Crippen molar-refractivity contribution in [3.8, 4) is 6.07 Å². The van der Waals surface area contributed by atoms with E-state index in [0.29, 0.717) is 15.6 Å². The second-order valence-corrected chi connectivity index (χ2v) is 4.25. The Labute approximate surface area is 89.1 Å². The second kappa shape index (κ2) is 3.19. The SMILES string of the molecule is N#Cc1cc(Cl)cc2c(Cl)csc12. The van der Waals surface area contributed by atoms with Crippen molar-refractivity contribution in [2.45, 2.75) is 0 Å². The van der Waals surface area contributed by atoms with Gasteiger partial charge in [-0.1, -0.05) is 23.2 Å². The van der Waals surface area contributed by atoms with E-state index in [1.807, 2.05) is 5.38 Å². The number of nitriles is 1. The monoisotopic (exact) mass is 227 g/mol. The van der Waals surface area contributed by atoms with Gasteiger partial charge in [-0.2, -0.15) is 5.26 Å². The summed E-state index contributed by atoms with van der Waals surface area (Å²) in [6.45, 7) is 0. The van der Waals surface area contributed by atoms with Crippen molar-refractivity contribution in [1.82, 2.24) is 0 Å². The minimum absolute atomic E-state index is 0.546. The Morgan fingerprint density at radius 3 is 2.77 bits per heavy atom. The van der Waals surface area contributed by atoms with E-state index in [9.17, 15) is 0 Å². The van der Waals surface area contributed by atoms with Crippen LogP contribution < -0.4 is 0 Å². The molecule has 0 spiro atoms. The zero-order valence-electron chi connectivity index (χ0n) is 6.34. The Balaban J connectivity index is 2.94. The molecule has 1 aromatic carbocycles. The molecule has 0 aliphatic carbocycles. The van der Waals surface area contributed by atoms with Crippen molar-refractivity contribution < 1.29 is 0 Å². The van der Waals surface area contributed by atoms with Gasteiger partial charge in [0, 0.05) is 15.8 Å². The summed E-state index contributed by atoms with van der Waals surface area (Å²) in [5.41, 5.74) is 0.583. The van der Waals surface area contributed by atoms with Gasteiger partial charge in [0.1, 0.15) is 6.07 Å². The quantitative estimate of drug-likeness (QED) is 0.666. The molecule has 0 unspecified atom stereocenters. The van der Waals surface area contributed by atoms with Gasteiger partial charge >= 0.3 is 0 Å². The lowest BCUT2D eigenvalue weighted by molar-refractivity contribution is 1.51. The zero-order valence-corrected chi connectivity index (χ0v) is 8.67. The lowest BCUT2D eigenvalue weighted by atomic mass is 10.2. The number of thiophene rings is 1. The first-order chi connectivity index (χ1) is 6.22. The first kappa shape index (κ1) is 8.83. The molecule has 0 N–H and O–H groups in total. The minimum atomic E-state index is 0.546. The van der Waals surface area contributed by atoms with Gasteiger partial charge in [-0.15, -0.1) is 11.3 Å². The molecule has 4 heteroatoms. The predicted octanol–water partition coefficient (Wildman–Crippen LogP) is 4.08. The number of hydrogen-bond acceptors (Lipinski definition) is 2. The lowest BCUT2D eigenvalue weighted by Crippen LogP contribution is -1.74. The van der Waals surface area contributed by atoms with Crippen molar-refractivity contribution >= 4 is 44.6 Å². The number of halogens is 2. The normalized spacial score (nSPS) is 10.2. The summed E-state index contributed by atoms with van der Waals surface area (Å²) in [4.78, 5) is 0. The highest BCUT2D eigenvalue weighted by molar-refractivity contribution is 7.18. The molecule has 0 aliphatic heterocycles. The van der Waals surface area contributed by atoms with E-state index in [4.69, 9.17) is 28.5 Å². The Bertz CT molecular complexity index is 510. The lowest BCUT2D eigenvalue weighted by Gasteiger charge is -1.94. The largest absolute Gasteiger partial charge is 0.192 e. The number of hydrogen-bond donors (Lipinski definition) is 0. The van der Waals surface area contributed by atoms with E-state index in [1.54, 1.807) is 12.1 Å². The molecule has 0 atom stereocenters. The molecule has 2 rings (SSSR count). The molecule has 1 aromatic heterocycles. The van der Waals surface area contributed by atoms with Gasteiger partial charge in [-0.3, -0.25) is 0 Å². The fourth-order valence-electron chi connectivity index (χ4n) is 1.16. The molecule has 1 heterocycles. The first-order valence-electron chi connectivity index (χ1n) is 3.48. The summed E-state index contributed by atoms with van der Waals surface area (Å²) in [5, 5.41) is 12.7. The zero-order chi connectivity index (χ0) is 9.42. The van der Waals surface area contributed by atoms with Gasteiger partial charge in [-0.25, -0.2) is 0 Å². The highest BCUT2D eigenvalue weighted by Gasteiger charge is 2.07. The van der Waals surface area contributed by atoms with E-state index < -0.39 is 0 Å². The molecule has 13 heavy (non-hydrogen) atoms. The highest BCUT2D eigenvalue weighted by Crippen LogP contribution is 2.34. The second-order valence-electron chi connectivity index (χ2n) is 2.53. The molecule has 0 radical (unpaired) electrons. The Kier molecular flexibility index (Phi) is 2.17. The molecule has 0 bridgehead atoms. The van der Waals surface area contributed by atoms with Crippen LogP contribution in [0.5, 0.6) is 0 Å². The third-order valence-electron chi connectivity index (χ3n) is 1.71. The van der Waals surface area contributed by atoms with Gasteiger partial charge < -0.3 is 0 Å². The van der Waals surface area contributed by atoms with Crippen molar-refractivity contribution in [1.29, 1.82) is 5.26 Å². The average Bonchev–Trinajstić information content (AvgIpc) is 2.47. The number of rotatable bonds is 0. The van der Waals surface area contributed by atoms with Crippen molar-refractivity contribution in [2.75, 3.05) is 0 Å². The maximum Gasteiger partial charge on any atom is 0.101 e. The smallest absolute Gasteiger partial charge is 0.101 e. The molecule has 0 amide bonds. The standard InChI is InChI=1S/C9H3Cl2NS/c10-6-1-5(3-12)9-7(2-6)8(11)4-13-9/h1-2,4H. The Hall–Kier alpha value is -0.750. The van der Waals surface area contributed by atoms with Crippen molar-refractivity contribution in [3.63, 3.8) is 0 Å². The number of nitrogens with zero attached hydrogens (tertiary/aromatic N) is 1. The summed E-state index contributed by atoms with van der Waals surface area (Å²) in [5.74, 6) is 0. The van der Waals surface area contributed by atoms with Crippen LogP contribution in [0.2, 0.25) is 10.0 Å². The van der Waals surface area contributed by atoms with E-state index in [1.165, 1.54) is 11.3 Å². The van der Waals surface area contributed by atoms with E-state index in [2.05, 4.69) is 6.07 Å². The summed E-state index contributed by atoms with van der Waals surface area (Å²) in [6.07, 6.45) is 0. The molecule has 1 nitrogen and oxygen atoms in total. The fraction of sp³-hybridized carbons (Fsp3) is 0. The number of benzene rings is 1. The van der Waals surface area contributed by atoms with E-state index in [0.717, 1.165) is 10.1 Å². The van der Waals surface area contributed by atoms with Crippen LogP contribution >= 0.6 is 34.5 Å². The molecular weight excluding hydrogens is 225 g/mol. The fourth-order valence-corrected chi connectivity index (χ4v) is 2.59. The molecule has 0 aliphatic rings. The van der Waals surface area contributed by atoms with E-state index >= 15 is 0 Å². The van der Waals surface area contributed by atoms with Crippen LogP contribution in [0.15, 0.2) is 17.5 Å². The predicted molar refractivity (Wildman–Crippen MR) is 56.6 cm³/mol. The maximum atomic E-state index is 8.82. The first-order valence-corrected chi connectivity index (χ1v) is 5.12. The van der Waals surface area contributed by atoms with Gasteiger partial charge in [0.25, 0.3) is 0 Å². The summed E-state index contributed by atoms with van der Waals surface area (Å²) in [6, 6.07) is 5.52. The van der Waals surface area contributed by atoms with Gasteiger partial charge in [0.15, 0.2) is 0 Å². The van der Waals surface area contributed by atoms with Gasteiger partial charge in [-0.05, 0) is 12.1 Å². The van der Waals surface area contributed by atoms with Crippen molar-refractivity contribution in [3.05, 3.63) is 33.1 Å². The van der Waals surface area contributed by atoms with Crippen LogP contribution in [0.1, 0.15) is 5.56 Å². The molecule has 2 aromatic rings. The average molecular weight is 228 g/mol. The van der Waals surface area contributed by atoms with Crippen LogP contribution in [0.4, 0.5) is 0 Å². The van der Waals surface area contributed by atoms with Gasteiger partial charge in [0.05, 0.1) is 15.3 Å². The van der Waals surface area contributed by atoms with E-state index in [-0.39, 0.29) is 0 Å². The summed E-state index contributed by atoms with van der Waals surface area (Å²) < 4.78 is 0.900. The van der Waals surface area contributed by atoms with Crippen LogP contribution in [-0.4, -0.2) is 0 Å². The Morgan fingerprint density at radius 1 is 1.31 bits per heavy atom. The van der Waals surface area contributed by atoms with Crippen LogP contribution in [0.25, 0.3) is 10.1 Å². The van der Waals surface area contributed by atoms with Crippen LogP contribution in [0, 0.1) is 11.3 Å². The molecule has 0 fully saturated rings. The molecule has 64 valence electrons. The summed E-state index contributed by atoms with van der Waals surface area (Å²) in [7, 11) is 0. The Morgan fingerprint density at radius 2 is 2.08 bits per heavy atom. The highest BCUT2D eigenvalue weighted by atomic mass is 35.5. The topological polar surface area (TPSA) is 23.8 Å². The van der Waals surface area contributed by atoms with Gasteiger partial charge in [0.2, 0.25) is 0 Å². The maximum absolute atomic E-state index is 8.82. The molecule has 0 saturated heterocycles. The minimum Gasteiger partial charge on any atom is -0.192 e. The third-order valence-corrected chi connectivity index (χ3v) is 3.40. The third kappa shape index (κ3) is 1.40. The number of fused-ring (bicyclic) bond motifs is 1. The molecule has 0 saturated carbocycles. The molecular formula is C9H3Cl2NS. The van der Waals surface area contributed by atoms with Crippen LogP contribution in [0.3, 0.4) is 0 Å². The van der Waals surface area contributed by atoms with Crippen molar-refractivity contribution in [2.24, 2.45) is 0 Å².